The number of urea groups is 1. The van der Waals surface area contributed by atoms with E-state index < -0.39 is 0 Å². The molecule has 0 bridgehead atoms. The molecule has 1 fully saturated rings. The van der Waals surface area contributed by atoms with Gasteiger partial charge in [-0.15, -0.1) is 0 Å². The van der Waals surface area contributed by atoms with Crippen LogP contribution >= 0.6 is 0 Å². The third-order valence-corrected chi connectivity index (χ3v) is 5.91. The number of likely N-dealkylation sites (tertiary alicyclic amines) is 1. The van der Waals surface area contributed by atoms with Gasteiger partial charge < -0.3 is 10.2 Å². The van der Waals surface area contributed by atoms with E-state index in [1.165, 1.54) is 11.1 Å². The first kappa shape index (κ1) is 18.1. The number of piperidine rings is 1. The molecule has 0 saturated carbocycles. The Morgan fingerprint density at radius 1 is 0.926 bits per heavy atom. The fraction of sp³-hybridized carbons (Fsp3) is 0.435. The fourth-order valence-corrected chi connectivity index (χ4v) is 4.28. The third kappa shape index (κ3) is 4.69. The van der Waals surface area contributed by atoms with Gasteiger partial charge in [-0.05, 0) is 41.9 Å². The van der Waals surface area contributed by atoms with Gasteiger partial charge >= 0.3 is 6.03 Å². The molecule has 4 heteroatoms. The first-order valence-corrected chi connectivity index (χ1v) is 10.1. The Kier molecular flexibility index (Phi) is 5.73. The highest BCUT2D eigenvalue weighted by atomic mass is 16.2. The molecule has 142 valence electrons. The summed E-state index contributed by atoms with van der Waals surface area (Å²) in [6.45, 7) is 5.74. The maximum absolute atomic E-state index is 12.4. The van der Waals surface area contributed by atoms with Crippen molar-refractivity contribution in [3.63, 3.8) is 0 Å². The fourth-order valence-electron chi connectivity index (χ4n) is 4.28. The summed E-state index contributed by atoms with van der Waals surface area (Å²) in [6, 6.07) is 19.0. The molecule has 0 aromatic heterocycles. The van der Waals surface area contributed by atoms with Crippen LogP contribution in [0.25, 0.3) is 0 Å². The number of hydrogen-bond acceptors (Lipinski definition) is 2. The summed E-state index contributed by atoms with van der Waals surface area (Å²) in [6.07, 6.45) is 3.38. The van der Waals surface area contributed by atoms with Crippen LogP contribution in [0.1, 0.15) is 29.5 Å². The minimum absolute atomic E-state index is 0.0733. The van der Waals surface area contributed by atoms with Crippen LogP contribution in [-0.2, 0) is 19.5 Å². The molecule has 2 amide bonds. The number of nitrogens with one attached hydrogen (secondary N) is 1. The van der Waals surface area contributed by atoms with Crippen LogP contribution in [0.4, 0.5) is 4.79 Å². The molecule has 4 nitrogen and oxygen atoms in total. The quantitative estimate of drug-likeness (QED) is 0.900. The molecule has 27 heavy (non-hydrogen) atoms. The molecular formula is C23H29N3O. The van der Waals surface area contributed by atoms with E-state index in [1.54, 1.807) is 0 Å². The summed E-state index contributed by atoms with van der Waals surface area (Å²) in [5, 5.41) is 3.05. The van der Waals surface area contributed by atoms with Crippen LogP contribution in [0.2, 0.25) is 0 Å². The van der Waals surface area contributed by atoms with E-state index in [2.05, 4.69) is 34.5 Å². The second-order valence-corrected chi connectivity index (χ2v) is 7.83. The van der Waals surface area contributed by atoms with E-state index in [9.17, 15) is 4.79 Å². The highest BCUT2D eigenvalue weighted by Crippen LogP contribution is 2.23. The van der Waals surface area contributed by atoms with Crippen molar-refractivity contribution in [2.75, 3.05) is 26.2 Å². The second kappa shape index (κ2) is 8.57. The van der Waals surface area contributed by atoms with Gasteiger partial charge in [0.1, 0.15) is 0 Å². The number of nitrogens with zero attached hydrogens (tertiary/aromatic N) is 2. The number of rotatable bonds is 4. The van der Waals surface area contributed by atoms with Crippen LogP contribution < -0.4 is 5.32 Å². The zero-order chi connectivity index (χ0) is 18.5. The number of carbonyl (C=O) groups excluding carboxylic acids is 1. The zero-order valence-electron chi connectivity index (χ0n) is 15.9. The first-order valence-electron chi connectivity index (χ1n) is 10.1. The Morgan fingerprint density at radius 3 is 2.41 bits per heavy atom. The van der Waals surface area contributed by atoms with Crippen LogP contribution in [-0.4, -0.2) is 42.0 Å². The van der Waals surface area contributed by atoms with Gasteiger partial charge in [0.25, 0.3) is 0 Å². The number of fused-ring (bicyclic) bond motifs is 1. The molecule has 2 aliphatic rings. The Labute approximate surface area is 162 Å². The minimum atomic E-state index is 0.0733. The summed E-state index contributed by atoms with van der Waals surface area (Å²) in [5.74, 6) is 0.702. The minimum Gasteiger partial charge on any atom is -0.334 e. The monoisotopic (exact) mass is 363 g/mol. The Morgan fingerprint density at radius 2 is 1.63 bits per heavy atom. The van der Waals surface area contributed by atoms with Gasteiger partial charge in [-0.2, -0.15) is 0 Å². The average molecular weight is 364 g/mol. The number of carbonyl (C=O) groups is 1. The van der Waals surface area contributed by atoms with Gasteiger partial charge in [-0.3, -0.25) is 4.90 Å². The number of amides is 2. The van der Waals surface area contributed by atoms with Gasteiger partial charge in [0.05, 0.1) is 0 Å². The molecular weight excluding hydrogens is 334 g/mol. The summed E-state index contributed by atoms with van der Waals surface area (Å²) < 4.78 is 0. The predicted molar refractivity (Wildman–Crippen MR) is 108 cm³/mol. The van der Waals surface area contributed by atoms with Crippen LogP contribution in [0.5, 0.6) is 0 Å². The summed E-state index contributed by atoms with van der Waals surface area (Å²) in [7, 11) is 0. The topological polar surface area (TPSA) is 35.6 Å². The van der Waals surface area contributed by atoms with Crippen LogP contribution in [0, 0.1) is 5.92 Å². The lowest BCUT2D eigenvalue weighted by molar-refractivity contribution is 0.141. The molecule has 0 aliphatic carbocycles. The van der Waals surface area contributed by atoms with E-state index in [-0.39, 0.29) is 6.03 Å². The molecule has 0 unspecified atom stereocenters. The highest BCUT2D eigenvalue weighted by Gasteiger charge is 2.25. The molecule has 1 saturated heterocycles. The van der Waals surface area contributed by atoms with E-state index in [1.807, 2.05) is 35.2 Å². The van der Waals surface area contributed by atoms with Gasteiger partial charge in [-0.1, -0.05) is 54.6 Å². The average Bonchev–Trinajstić information content (AvgIpc) is 2.73. The maximum Gasteiger partial charge on any atom is 0.317 e. The van der Waals surface area contributed by atoms with Crippen LogP contribution in [0.15, 0.2) is 54.6 Å². The summed E-state index contributed by atoms with van der Waals surface area (Å²) in [5.41, 5.74) is 4.14. The van der Waals surface area contributed by atoms with Crippen molar-refractivity contribution in [1.82, 2.24) is 15.1 Å². The zero-order valence-corrected chi connectivity index (χ0v) is 15.9. The van der Waals surface area contributed by atoms with Crippen molar-refractivity contribution in [2.45, 2.75) is 32.4 Å². The normalized spacial score (nSPS) is 18.1. The SMILES string of the molecule is O=C(NCc1ccccc1)N1CCC(CN2CCc3ccccc3C2)CC1. The molecule has 0 atom stereocenters. The lowest BCUT2D eigenvalue weighted by atomic mass is 9.94. The largest absolute Gasteiger partial charge is 0.334 e. The molecule has 0 radical (unpaired) electrons. The second-order valence-electron chi connectivity index (χ2n) is 7.83. The third-order valence-electron chi connectivity index (χ3n) is 5.91. The highest BCUT2D eigenvalue weighted by molar-refractivity contribution is 5.74. The maximum atomic E-state index is 12.4. The van der Waals surface area contributed by atoms with Crippen molar-refractivity contribution in [3.05, 3.63) is 71.3 Å². The molecule has 1 N–H and O–H groups in total. The lowest BCUT2D eigenvalue weighted by Gasteiger charge is -2.36. The van der Waals surface area contributed by atoms with Crippen molar-refractivity contribution in [2.24, 2.45) is 5.92 Å². The van der Waals surface area contributed by atoms with Crippen molar-refractivity contribution in [1.29, 1.82) is 0 Å². The van der Waals surface area contributed by atoms with E-state index in [4.69, 9.17) is 0 Å². The molecule has 4 rings (SSSR count). The molecule has 2 heterocycles. The van der Waals surface area contributed by atoms with E-state index in [0.717, 1.165) is 57.5 Å². The molecule has 2 aliphatic heterocycles. The Bertz CT molecular complexity index is 753. The lowest BCUT2D eigenvalue weighted by Crippen LogP contribution is -2.46. The Balaban J connectivity index is 1.21. The molecule has 2 aromatic carbocycles. The predicted octanol–water partition coefficient (Wildman–Crippen LogP) is 3.67. The molecule has 2 aromatic rings. The smallest absolute Gasteiger partial charge is 0.317 e. The Hall–Kier alpha value is -2.33. The first-order chi connectivity index (χ1) is 13.3. The number of benzene rings is 2. The van der Waals surface area contributed by atoms with E-state index in [0.29, 0.717) is 12.5 Å². The summed E-state index contributed by atoms with van der Waals surface area (Å²) >= 11 is 0. The van der Waals surface area contributed by atoms with Gasteiger partial charge in [0, 0.05) is 39.3 Å². The summed E-state index contributed by atoms with van der Waals surface area (Å²) in [4.78, 5) is 17.0. The van der Waals surface area contributed by atoms with Crippen molar-refractivity contribution < 1.29 is 4.79 Å². The van der Waals surface area contributed by atoms with Gasteiger partial charge in [-0.25, -0.2) is 4.79 Å². The standard InChI is InChI=1S/C23H29N3O/c27-23(24-16-19-6-2-1-3-7-19)26-14-10-20(11-15-26)17-25-13-12-21-8-4-5-9-22(21)18-25/h1-9,20H,10-18H2,(H,24,27). The van der Waals surface area contributed by atoms with Crippen molar-refractivity contribution in [3.8, 4) is 0 Å². The number of hydrogen-bond donors (Lipinski definition) is 1. The molecule has 0 spiro atoms. The van der Waals surface area contributed by atoms with Crippen LogP contribution in [0.3, 0.4) is 0 Å². The van der Waals surface area contributed by atoms with Gasteiger partial charge in [0.2, 0.25) is 0 Å². The van der Waals surface area contributed by atoms with E-state index >= 15 is 0 Å². The van der Waals surface area contributed by atoms with Gasteiger partial charge in [0.15, 0.2) is 0 Å². The van der Waals surface area contributed by atoms with Crippen molar-refractivity contribution >= 4 is 6.03 Å².